The Kier molecular flexibility index (Phi) is 4.94. The smallest absolute Gasteiger partial charge is 0.406 e. The molecule has 1 heterocycles. The molecule has 1 atom stereocenters. The minimum absolute atomic E-state index is 0.00741. The maximum absolute atomic E-state index is 12.2. The standard InChI is InChI=1S/C18H17F3N4O/c1-2-16(22)12-3-5-13(6-4-12)17-23-11-25(24-17)14-7-9-15(10-8-14)26-18(19,20)21/h3-11,16H,2,22H2,1H3. The molecule has 0 saturated carbocycles. The van der Waals surface area contributed by atoms with Gasteiger partial charge in [0.2, 0.25) is 0 Å². The first kappa shape index (κ1) is 17.9. The minimum atomic E-state index is -4.71. The zero-order chi connectivity index (χ0) is 18.7. The molecule has 1 unspecified atom stereocenters. The van der Waals surface area contributed by atoms with E-state index in [-0.39, 0.29) is 11.8 Å². The van der Waals surface area contributed by atoms with Gasteiger partial charge in [-0.1, -0.05) is 31.2 Å². The third-order valence-corrected chi connectivity index (χ3v) is 3.86. The van der Waals surface area contributed by atoms with Crippen LogP contribution in [-0.2, 0) is 0 Å². The highest BCUT2D eigenvalue weighted by atomic mass is 19.4. The largest absolute Gasteiger partial charge is 0.573 e. The number of nitrogens with two attached hydrogens (primary N) is 1. The summed E-state index contributed by atoms with van der Waals surface area (Å²) >= 11 is 0. The normalized spacial score (nSPS) is 12.8. The Morgan fingerprint density at radius 2 is 1.73 bits per heavy atom. The number of hydrogen-bond acceptors (Lipinski definition) is 4. The van der Waals surface area contributed by atoms with Crippen molar-refractivity contribution in [2.45, 2.75) is 25.7 Å². The molecule has 0 fully saturated rings. The van der Waals surface area contributed by atoms with E-state index in [4.69, 9.17) is 5.73 Å². The van der Waals surface area contributed by atoms with Gasteiger partial charge < -0.3 is 10.5 Å². The number of rotatable bonds is 5. The van der Waals surface area contributed by atoms with Crippen molar-refractivity contribution in [1.29, 1.82) is 0 Å². The summed E-state index contributed by atoms with van der Waals surface area (Å²) in [6.45, 7) is 2.02. The van der Waals surface area contributed by atoms with Crippen LogP contribution in [0.5, 0.6) is 5.75 Å². The van der Waals surface area contributed by atoms with Gasteiger partial charge >= 0.3 is 6.36 Å². The van der Waals surface area contributed by atoms with Gasteiger partial charge in [0.25, 0.3) is 0 Å². The minimum Gasteiger partial charge on any atom is -0.406 e. The van der Waals surface area contributed by atoms with Crippen molar-refractivity contribution in [3.63, 3.8) is 0 Å². The second-order valence-electron chi connectivity index (χ2n) is 5.69. The SMILES string of the molecule is CCC(N)c1ccc(-c2ncn(-c3ccc(OC(F)(F)F)cc3)n2)cc1. The number of benzene rings is 2. The summed E-state index contributed by atoms with van der Waals surface area (Å²) in [5.41, 5.74) is 8.43. The topological polar surface area (TPSA) is 66.0 Å². The van der Waals surface area contributed by atoms with E-state index in [1.165, 1.54) is 35.3 Å². The Balaban J connectivity index is 1.77. The van der Waals surface area contributed by atoms with Crippen molar-refractivity contribution >= 4 is 0 Å². The number of ether oxygens (including phenoxy) is 1. The fourth-order valence-corrected chi connectivity index (χ4v) is 2.44. The van der Waals surface area contributed by atoms with Crippen molar-refractivity contribution in [2.75, 3.05) is 0 Å². The third kappa shape index (κ3) is 4.20. The number of hydrogen-bond donors (Lipinski definition) is 1. The molecule has 0 radical (unpaired) electrons. The lowest BCUT2D eigenvalue weighted by Gasteiger charge is -2.09. The first-order chi connectivity index (χ1) is 12.4. The lowest BCUT2D eigenvalue weighted by molar-refractivity contribution is -0.274. The third-order valence-electron chi connectivity index (χ3n) is 3.86. The summed E-state index contributed by atoms with van der Waals surface area (Å²) in [6, 6.07) is 13.1. The van der Waals surface area contributed by atoms with E-state index >= 15 is 0 Å². The summed E-state index contributed by atoms with van der Waals surface area (Å²) in [7, 11) is 0. The number of alkyl halides is 3. The van der Waals surface area contributed by atoms with E-state index < -0.39 is 6.36 Å². The first-order valence-electron chi connectivity index (χ1n) is 7.99. The molecule has 0 aliphatic rings. The Hall–Kier alpha value is -2.87. The molecule has 0 bridgehead atoms. The van der Waals surface area contributed by atoms with Crippen LogP contribution in [0.4, 0.5) is 13.2 Å². The molecule has 2 N–H and O–H groups in total. The van der Waals surface area contributed by atoms with E-state index in [1.807, 2.05) is 31.2 Å². The summed E-state index contributed by atoms with van der Waals surface area (Å²) in [6.07, 6.45) is -2.37. The van der Waals surface area contributed by atoms with E-state index in [0.717, 1.165) is 17.5 Å². The van der Waals surface area contributed by atoms with E-state index in [1.54, 1.807) is 0 Å². The van der Waals surface area contributed by atoms with Gasteiger partial charge in [0.15, 0.2) is 5.82 Å². The Morgan fingerprint density at radius 3 is 2.31 bits per heavy atom. The average Bonchev–Trinajstić information content (AvgIpc) is 3.10. The fraction of sp³-hybridized carbons (Fsp3) is 0.222. The first-order valence-corrected chi connectivity index (χ1v) is 7.99. The molecule has 0 amide bonds. The van der Waals surface area contributed by atoms with Crippen LogP contribution in [0.25, 0.3) is 17.1 Å². The van der Waals surface area contributed by atoms with Crippen LogP contribution >= 0.6 is 0 Å². The molecule has 26 heavy (non-hydrogen) atoms. The Labute approximate surface area is 148 Å². The zero-order valence-corrected chi connectivity index (χ0v) is 13.9. The molecular formula is C18H17F3N4O. The van der Waals surface area contributed by atoms with Crippen LogP contribution in [0.2, 0.25) is 0 Å². The van der Waals surface area contributed by atoms with Gasteiger partial charge in [0.05, 0.1) is 5.69 Å². The molecule has 0 aliphatic heterocycles. The quantitative estimate of drug-likeness (QED) is 0.737. The molecule has 2 aromatic carbocycles. The van der Waals surface area contributed by atoms with Gasteiger partial charge in [-0.05, 0) is 36.2 Å². The highest BCUT2D eigenvalue weighted by Gasteiger charge is 2.30. The molecule has 1 aromatic heterocycles. The maximum atomic E-state index is 12.2. The molecule has 0 aliphatic carbocycles. The van der Waals surface area contributed by atoms with Gasteiger partial charge in [-0.2, -0.15) is 0 Å². The fourth-order valence-electron chi connectivity index (χ4n) is 2.44. The van der Waals surface area contributed by atoms with Gasteiger partial charge in [-0.25, -0.2) is 9.67 Å². The summed E-state index contributed by atoms with van der Waals surface area (Å²) in [5.74, 6) is 0.224. The molecule has 0 saturated heterocycles. The summed E-state index contributed by atoms with van der Waals surface area (Å²) in [4.78, 5) is 4.25. The molecule has 3 aromatic rings. The lowest BCUT2D eigenvalue weighted by Crippen LogP contribution is -2.17. The van der Waals surface area contributed by atoms with Crippen molar-refractivity contribution in [3.05, 3.63) is 60.4 Å². The highest BCUT2D eigenvalue weighted by molar-refractivity contribution is 5.55. The summed E-state index contributed by atoms with van der Waals surface area (Å²) in [5, 5.41) is 4.36. The second-order valence-corrected chi connectivity index (χ2v) is 5.69. The summed E-state index contributed by atoms with van der Waals surface area (Å²) < 4.78 is 41.9. The zero-order valence-electron chi connectivity index (χ0n) is 13.9. The lowest BCUT2D eigenvalue weighted by atomic mass is 10.0. The molecule has 0 spiro atoms. The predicted molar refractivity (Wildman–Crippen MR) is 90.7 cm³/mol. The van der Waals surface area contributed by atoms with Crippen molar-refractivity contribution < 1.29 is 17.9 Å². The molecule has 136 valence electrons. The van der Waals surface area contributed by atoms with Crippen LogP contribution in [0, 0.1) is 0 Å². The molecule has 5 nitrogen and oxygen atoms in total. The predicted octanol–water partition coefficient (Wildman–Crippen LogP) is 4.24. The van der Waals surface area contributed by atoms with Crippen LogP contribution < -0.4 is 10.5 Å². The van der Waals surface area contributed by atoms with E-state index in [0.29, 0.717) is 11.5 Å². The highest BCUT2D eigenvalue weighted by Crippen LogP contribution is 2.24. The van der Waals surface area contributed by atoms with Gasteiger partial charge in [-0.3, -0.25) is 0 Å². The van der Waals surface area contributed by atoms with E-state index in [9.17, 15) is 13.2 Å². The van der Waals surface area contributed by atoms with Crippen LogP contribution in [0.15, 0.2) is 54.9 Å². The number of nitrogens with zero attached hydrogens (tertiary/aromatic N) is 3. The maximum Gasteiger partial charge on any atom is 0.573 e. The second kappa shape index (κ2) is 7.17. The molecule has 8 heteroatoms. The van der Waals surface area contributed by atoms with E-state index in [2.05, 4.69) is 14.8 Å². The van der Waals surface area contributed by atoms with Crippen LogP contribution in [-0.4, -0.2) is 21.1 Å². The van der Waals surface area contributed by atoms with Crippen LogP contribution in [0.1, 0.15) is 24.9 Å². The molecular weight excluding hydrogens is 345 g/mol. The van der Waals surface area contributed by atoms with Crippen molar-refractivity contribution in [2.24, 2.45) is 5.73 Å². The van der Waals surface area contributed by atoms with Gasteiger partial charge in [0, 0.05) is 11.6 Å². The van der Waals surface area contributed by atoms with Crippen molar-refractivity contribution in [1.82, 2.24) is 14.8 Å². The van der Waals surface area contributed by atoms with Crippen molar-refractivity contribution in [3.8, 4) is 22.8 Å². The Morgan fingerprint density at radius 1 is 1.08 bits per heavy atom. The van der Waals surface area contributed by atoms with Crippen LogP contribution in [0.3, 0.4) is 0 Å². The average molecular weight is 362 g/mol. The van der Waals surface area contributed by atoms with Gasteiger partial charge in [0.1, 0.15) is 12.1 Å². The number of halogens is 3. The monoisotopic (exact) mass is 362 g/mol. The number of aromatic nitrogens is 3. The van der Waals surface area contributed by atoms with Gasteiger partial charge in [-0.15, -0.1) is 18.3 Å². The Bertz CT molecular complexity index is 857. The molecule has 3 rings (SSSR count).